The van der Waals surface area contributed by atoms with Crippen LogP contribution in [0.15, 0.2) is 0 Å². The van der Waals surface area contributed by atoms with Crippen molar-refractivity contribution in [2.75, 3.05) is 5.75 Å². The van der Waals surface area contributed by atoms with Crippen LogP contribution in [-0.2, 0) is 0 Å². The van der Waals surface area contributed by atoms with E-state index in [1.807, 2.05) is 13.8 Å². The molecule has 4 atom stereocenters. The van der Waals surface area contributed by atoms with Gasteiger partial charge in [0.25, 0.3) is 0 Å². The third-order valence-electron chi connectivity index (χ3n) is 3.25. The van der Waals surface area contributed by atoms with E-state index >= 15 is 0 Å². The number of nitrogens with zero attached hydrogens (tertiary/aromatic N) is 1. The molecule has 0 aliphatic carbocycles. The summed E-state index contributed by atoms with van der Waals surface area (Å²) in [6, 6.07) is 2.30. The predicted octanol–water partition coefficient (Wildman–Crippen LogP) is 2.30. The highest BCUT2D eigenvalue weighted by Gasteiger charge is 2.95. The number of nitriles is 1. The van der Waals surface area contributed by atoms with Crippen molar-refractivity contribution in [2.45, 2.75) is 34.3 Å². The molecule has 0 saturated carbocycles. The fraction of sp³-hybridized carbons (Fsp3) is 0.778. The Morgan fingerprint density at radius 1 is 1.69 bits per heavy atom. The second kappa shape index (κ2) is 2.10. The summed E-state index contributed by atoms with van der Waals surface area (Å²) >= 11 is 7.02. The van der Waals surface area contributed by atoms with Gasteiger partial charge in [-0.3, -0.25) is 0 Å². The molecule has 4 unspecified atom stereocenters. The lowest BCUT2D eigenvalue weighted by atomic mass is 10.2. The van der Waals surface area contributed by atoms with Crippen molar-refractivity contribution >= 4 is 38.2 Å². The lowest BCUT2D eigenvalue weighted by molar-refractivity contribution is 0.920. The van der Waals surface area contributed by atoms with E-state index < -0.39 is 0 Å². The maximum absolute atomic E-state index is 8.87. The minimum absolute atomic E-state index is 0.0754. The summed E-state index contributed by atoms with van der Waals surface area (Å²) in [6.45, 7) is 3.91. The average Bonchev–Trinajstić information content (AvgIpc) is 2.88. The van der Waals surface area contributed by atoms with Crippen LogP contribution in [0.5, 0.6) is 0 Å². The van der Waals surface area contributed by atoms with Gasteiger partial charge in [0, 0.05) is 15.7 Å². The van der Waals surface area contributed by atoms with E-state index in [0.717, 1.165) is 19.9 Å². The van der Waals surface area contributed by atoms with Crippen molar-refractivity contribution in [3.63, 3.8) is 0 Å². The zero-order valence-electron chi connectivity index (χ0n) is 7.61. The third kappa shape index (κ3) is 0.934. The first-order chi connectivity index (χ1) is 6.03. The third-order valence-corrected chi connectivity index (χ3v) is 9.66. The largest absolute Gasteiger partial charge is 0.221 e. The van der Waals surface area contributed by atoms with E-state index in [1.165, 1.54) is 5.75 Å². The van der Waals surface area contributed by atoms with Gasteiger partial charge in [0.05, 0.1) is 10.3 Å². The van der Waals surface area contributed by atoms with Crippen molar-refractivity contribution in [3.8, 4) is 6.07 Å². The van der Waals surface area contributed by atoms with Gasteiger partial charge in [-0.1, -0.05) is 24.0 Å². The minimum Gasteiger partial charge on any atom is -0.221 e. The Labute approximate surface area is 89.6 Å². The molecule has 70 valence electrons. The van der Waals surface area contributed by atoms with Gasteiger partial charge < -0.3 is 0 Å². The summed E-state index contributed by atoms with van der Waals surface area (Å²) < 4.78 is 0.826. The predicted molar refractivity (Wildman–Crippen MR) is 63.7 cm³/mol. The van der Waals surface area contributed by atoms with Crippen LogP contribution in [0.25, 0.3) is 0 Å². The van der Waals surface area contributed by atoms with Crippen LogP contribution < -0.4 is 0 Å². The van der Waals surface area contributed by atoms with E-state index in [2.05, 4.69) is 6.07 Å². The van der Waals surface area contributed by atoms with Gasteiger partial charge in [-0.05, 0) is 19.6 Å². The van der Waals surface area contributed by atoms with Crippen LogP contribution in [0.1, 0.15) is 13.8 Å². The Hall–Kier alpha value is 0.280. The molecule has 1 nitrogen and oxygen atoms in total. The molecular formula is C9H11NS3. The topological polar surface area (TPSA) is 23.8 Å². The molecule has 3 aliphatic heterocycles. The highest BCUT2D eigenvalue weighted by Crippen LogP contribution is 3.08. The molecule has 0 N–H and O–H groups in total. The summed E-state index contributed by atoms with van der Waals surface area (Å²) in [6.07, 6.45) is 0. The van der Waals surface area contributed by atoms with Crippen LogP contribution in [0, 0.1) is 11.3 Å². The number of hydrogen-bond donors (Lipinski definition) is 0. The fourth-order valence-electron chi connectivity index (χ4n) is 2.21. The van der Waals surface area contributed by atoms with Gasteiger partial charge >= 0.3 is 0 Å². The van der Waals surface area contributed by atoms with E-state index in [9.17, 15) is 0 Å². The van der Waals surface area contributed by atoms with E-state index in [1.54, 1.807) is 11.8 Å². The molecule has 13 heavy (non-hydrogen) atoms. The summed E-state index contributed by atoms with van der Waals surface area (Å²) in [4.78, 5) is 0. The second-order valence-electron chi connectivity index (χ2n) is 4.54. The molecular weight excluding hydrogens is 218 g/mol. The first kappa shape index (κ1) is 8.58. The first-order valence-corrected chi connectivity index (χ1v) is 7.66. The molecule has 0 amide bonds. The zero-order valence-corrected chi connectivity index (χ0v) is 10.1. The molecule has 0 aromatic carbocycles. The van der Waals surface area contributed by atoms with Crippen LogP contribution in [0.4, 0.5) is 0 Å². The number of thioether (sulfide) groups is 1. The Morgan fingerprint density at radius 3 is 2.69 bits per heavy atom. The van der Waals surface area contributed by atoms with Gasteiger partial charge in [-0.2, -0.15) is 5.26 Å². The molecule has 0 aromatic heterocycles. The van der Waals surface area contributed by atoms with Crippen LogP contribution in [-0.4, -0.2) is 30.4 Å². The van der Waals surface area contributed by atoms with E-state index in [0.29, 0.717) is 0 Å². The fourth-order valence-corrected chi connectivity index (χ4v) is 9.99. The van der Waals surface area contributed by atoms with Gasteiger partial charge in [0.15, 0.2) is 0 Å². The van der Waals surface area contributed by atoms with E-state index in [4.69, 9.17) is 17.5 Å². The normalized spacial score (nSPS) is 53.5. The van der Waals surface area contributed by atoms with Crippen molar-refractivity contribution < 1.29 is 0 Å². The lowest BCUT2D eigenvalue weighted by Gasteiger charge is -2.15. The molecule has 3 saturated heterocycles. The molecule has 3 fully saturated rings. The van der Waals surface area contributed by atoms with Crippen LogP contribution >= 0.6 is 34.0 Å². The average molecular weight is 229 g/mol. The molecule has 0 radical (unpaired) electrons. The number of hydrogen-bond acceptors (Lipinski definition) is 3. The van der Waals surface area contributed by atoms with Gasteiger partial charge in [0.1, 0.15) is 4.75 Å². The number of fused-ring (bicyclic) bond motifs is 1. The van der Waals surface area contributed by atoms with Crippen LogP contribution in [0.3, 0.4) is 0 Å². The van der Waals surface area contributed by atoms with Crippen molar-refractivity contribution in [1.82, 2.24) is 0 Å². The monoisotopic (exact) mass is 229 g/mol. The second-order valence-corrected chi connectivity index (χ2v) is 10.7. The highest BCUT2D eigenvalue weighted by atomic mass is 32.3. The van der Waals surface area contributed by atoms with Crippen molar-refractivity contribution in [3.05, 3.63) is 0 Å². The van der Waals surface area contributed by atoms with Crippen LogP contribution in [0.2, 0.25) is 0 Å². The Balaban J connectivity index is 1.62. The van der Waals surface area contributed by atoms with Crippen molar-refractivity contribution in [1.29, 1.82) is 5.26 Å². The summed E-state index contributed by atoms with van der Waals surface area (Å²) in [5.74, 6) is 1.51. The molecule has 3 rings (SSSR count). The summed E-state index contributed by atoms with van der Waals surface area (Å²) in [7, 11) is -0.0754. The quantitative estimate of drug-likeness (QED) is 0.536. The van der Waals surface area contributed by atoms with Gasteiger partial charge in [-0.25, -0.2) is 10.0 Å². The summed E-state index contributed by atoms with van der Waals surface area (Å²) in [5, 5.41) is 11.9. The minimum atomic E-state index is -0.313. The van der Waals surface area contributed by atoms with Gasteiger partial charge in [-0.15, -0.1) is 0 Å². The molecule has 0 bridgehead atoms. The Bertz CT molecular complexity index is 356. The zero-order chi connectivity index (χ0) is 9.43. The SMILES string of the molecule is CC(C)(C#N)SC(=S)C1C2C3CS312. The number of thiocarbonyl (C=S) groups is 1. The van der Waals surface area contributed by atoms with E-state index in [-0.39, 0.29) is 14.8 Å². The standard InChI is InChI=1S/C9H11NS3/c1-9(2,4-10)12-8(11)7-6-5-3-13(5,6)7/h5-7H,3H2,1-2H3. The lowest BCUT2D eigenvalue weighted by Crippen LogP contribution is -2.18. The smallest absolute Gasteiger partial charge is 0.102 e. The molecule has 1 spiro atoms. The molecule has 3 aliphatic rings. The van der Waals surface area contributed by atoms with Gasteiger partial charge in [0.2, 0.25) is 0 Å². The maximum atomic E-state index is 8.87. The maximum Gasteiger partial charge on any atom is 0.102 e. The molecule has 0 aromatic rings. The number of rotatable bonds is 2. The Morgan fingerprint density at radius 2 is 2.31 bits per heavy atom. The highest BCUT2D eigenvalue weighted by molar-refractivity contribution is 8.56. The molecule has 3 heterocycles. The summed E-state index contributed by atoms with van der Waals surface area (Å²) in [5.41, 5.74) is 0. The Kier molecular flexibility index (Phi) is 1.39. The first-order valence-electron chi connectivity index (χ1n) is 4.45. The van der Waals surface area contributed by atoms with Crippen molar-refractivity contribution in [2.24, 2.45) is 0 Å². The molecule has 4 heteroatoms.